The first-order valence-electron chi connectivity index (χ1n) is 7.52. The van der Waals surface area contributed by atoms with Crippen LogP contribution < -0.4 is 11.1 Å². The third-order valence-corrected chi connectivity index (χ3v) is 3.84. The predicted octanol–water partition coefficient (Wildman–Crippen LogP) is 1.17. The van der Waals surface area contributed by atoms with Crippen molar-refractivity contribution in [3.8, 4) is 0 Å². The molecule has 21 heavy (non-hydrogen) atoms. The largest absolute Gasteiger partial charge is 0.378 e. The molecule has 0 aliphatic rings. The lowest BCUT2D eigenvalue weighted by Gasteiger charge is -2.15. The second kappa shape index (κ2) is 10.8. The van der Waals surface area contributed by atoms with Gasteiger partial charge in [0.25, 0.3) is 0 Å². The van der Waals surface area contributed by atoms with Gasteiger partial charge in [-0.3, -0.25) is 4.99 Å². The molecule has 0 aromatic heterocycles. The molecule has 0 radical (unpaired) electrons. The Morgan fingerprint density at radius 2 is 1.90 bits per heavy atom. The van der Waals surface area contributed by atoms with Crippen molar-refractivity contribution in [1.29, 1.82) is 0 Å². The smallest absolute Gasteiger partial charge is 0.188 e. The van der Waals surface area contributed by atoms with Crippen molar-refractivity contribution < 1.29 is 13.2 Å². The van der Waals surface area contributed by atoms with Gasteiger partial charge < -0.3 is 15.8 Å². The Bertz CT molecular complexity index is 394. The summed E-state index contributed by atoms with van der Waals surface area (Å²) in [5.41, 5.74) is 5.78. The zero-order valence-electron chi connectivity index (χ0n) is 13.8. The van der Waals surface area contributed by atoms with Crippen LogP contribution in [0.5, 0.6) is 0 Å². The molecule has 6 nitrogen and oxygen atoms in total. The van der Waals surface area contributed by atoms with E-state index >= 15 is 0 Å². The molecule has 0 fully saturated rings. The molecule has 0 bridgehead atoms. The van der Waals surface area contributed by atoms with Crippen LogP contribution in [-0.2, 0) is 14.6 Å². The van der Waals surface area contributed by atoms with Crippen molar-refractivity contribution in [3.05, 3.63) is 0 Å². The van der Waals surface area contributed by atoms with E-state index in [1.165, 1.54) is 19.1 Å². The SMILES string of the molecule is CC(C)CCCC(C)NC(N)=NCCOCCS(C)(=O)=O. The van der Waals surface area contributed by atoms with Gasteiger partial charge in [0.15, 0.2) is 5.96 Å². The summed E-state index contributed by atoms with van der Waals surface area (Å²) in [7, 11) is -2.96. The number of sulfone groups is 1. The molecule has 7 heteroatoms. The molecule has 1 atom stereocenters. The molecule has 0 spiro atoms. The molecule has 126 valence electrons. The van der Waals surface area contributed by atoms with Crippen molar-refractivity contribution in [2.24, 2.45) is 16.6 Å². The maximum atomic E-state index is 10.9. The Morgan fingerprint density at radius 3 is 2.48 bits per heavy atom. The molecule has 0 aliphatic carbocycles. The number of rotatable bonds is 11. The number of ether oxygens (including phenoxy) is 1. The van der Waals surface area contributed by atoms with Gasteiger partial charge in [0.05, 0.1) is 25.5 Å². The average Bonchev–Trinajstić information content (AvgIpc) is 2.31. The molecule has 0 aliphatic heterocycles. The second-order valence-electron chi connectivity index (χ2n) is 5.88. The highest BCUT2D eigenvalue weighted by atomic mass is 32.2. The second-order valence-corrected chi connectivity index (χ2v) is 8.14. The fourth-order valence-corrected chi connectivity index (χ4v) is 2.17. The van der Waals surface area contributed by atoms with E-state index in [0.717, 1.165) is 12.3 Å². The van der Waals surface area contributed by atoms with Crippen molar-refractivity contribution in [1.82, 2.24) is 5.32 Å². The number of nitrogens with one attached hydrogen (secondary N) is 1. The highest BCUT2D eigenvalue weighted by Crippen LogP contribution is 2.07. The lowest BCUT2D eigenvalue weighted by molar-refractivity contribution is 0.157. The van der Waals surface area contributed by atoms with Crippen LogP contribution in [0.4, 0.5) is 0 Å². The third-order valence-electron chi connectivity index (χ3n) is 2.93. The maximum Gasteiger partial charge on any atom is 0.188 e. The Morgan fingerprint density at radius 1 is 1.24 bits per heavy atom. The van der Waals surface area contributed by atoms with E-state index < -0.39 is 9.84 Å². The number of nitrogens with two attached hydrogens (primary N) is 1. The van der Waals surface area contributed by atoms with Crippen molar-refractivity contribution in [2.45, 2.75) is 46.1 Å². The van der Waals surface area contributed by atoms with E-state index in [1.54, 1.807) is 0 Å². The van der Waals surface area contributed by atoms with Gasteiger partial charge in [-0.05, 0) is 19.3 Å². The monoisotopic (exact) mass is 321 g/mol. The molecule has 0 saturated carbocycles. The minimum absolute atomic E-state index is 0.0390. The third kappa shape index (κ3) is 15.4. The molecule has 0 saturated heterocycles. The molecular formula is C14H31N3O3S. The lowest BCUT2D eigenvalue weighted by Crippen LogP contribution is -2.38. The van der Waals surface area contributed by atoms with E-state index in [9.17, 15) is 8.42 Å². The lowest BCUT2D eigenvalue weighted by atomic mass is 10.0. The van der Waals surface area contributed by atoms with Gasteiger partial charge in [-0.25, -0.2) is 8.42 Å². The summed E-state index contributed by atoms with van der Waals surface area (Å²) in [6.45, 7) is 7.54. The van der Waals surface area contributed by atoms with Crippen LogP contribution in [0, 0.1) is 5.92 Å². The van der Waals surface area contributed by atoms with Crippen LogP contribution in [0.25, 0.3) is 0 Å². The Hall–Kier alpha value is -0.820. The molecule has 0 aromatic rings. The van der Waals surface area contributed by atoms with Crippen molar-refractivity contribution >= 4 is 15.8 Å². The first-order valence-corrected chi connectivity index (χ1v) is 9.58. The number of nitrogens with zero attached hydrogens (tertiary/aromatic N) is 1. The van der Waals surface area contributed by atoms with Crippen LogP contribution in [0.1, 0.15) is 40.0 Å². The molecule has 3 N–H and O–H groups in total. The first-order chi connectivity index (χ1) is 9.70. The van der Waals surface area contributed by atoms with Gasteiger partial charge >= 0.3 is 0 Å². The van der Waals surface area contributed by atoms with E-state index in [4.69, 9.17) is 10.5 Å². The molecular weight excluding hydrogens is 290 g/mol. The zero-order valence-corrected chi connectivity index (χ0v) is 14.6. The van der Waals surface area contributed by atoms with Crippen LogP contribution in [-0.4, -0.2) is 52.2 Å². The number of guanidine groups is 1. The van der Waals surface area contributed by atoms with Crippen molar-refractivity contribution in [3.63, 3.8) is 0 Å². The molecule has 0 aromatic carbocycles. The van der Waals surface area contributed by atoms with Gasteiger partial charge in [-0.1, -0.05) is 26.7 Å². The number of aliphatic imine (C=N–C) groups is 1. The summed E-state index contributed by atoms with van der Waals surface area (Å²) in [5.74, 6) is 1.18. The van der Waals surface area contributed by atoms with Crippen LogP contribution in [0.3, 0.4) is 0 Å². The highest BCUT2D eigenvalue weighted by Gasteiger charge is 2.04. The fraction of sp³-hybridized carbons (Fsp3) is 0.929. The minimum atomic E-state index is -2.96. The normalized spacial score (nSPS) is 14.4. The van der Waals surface area contributed by atoms with E-state index in [0.29, 0.717) is 25.2 Å². The van der Waals surface area contributed by atoms with E-state index in [1.807, 2.05) is 0 Å². The molecule has 0 amide bonds. The summed E-state index contributed by atoms with van der Waals surface area (Å²) >= 11 is 0. The Kier molecular flexibility index (Phi) is 10.4. The Labute approximate surface area is 129 Å². The first kappa shape index (κ1) is 20.2. The fourth-order valence-electron chi connectivity index (χ4n) is 1.75. The topological polar surface area (TPSA) is 93.8 Å². The summed E-state index contributed by atoms with van der Waals surface area (Å²) in [4.78, 5) is 4.15. The van der Waals surface area contributed by atoms with Gasteiger partial charge in [-0.15, -0.1) is 0 Å². The summed E-state index contributed by atoms with van der Waals surface area (Å²) < 4.78 is 27.0. The van der Waals surface area contributed by atoms with Gasteiger partial charge in [0, 0.05) is 12.3 Å². The number of hydrogen-bond acceptors (Lipinski definition) is 4. The van der Waals surface area contributed by atoms with Crippen LogP contribution >= 0.6 is 0 Å². The summed E-state index contributed by atoms with van der Waals surface area (Å²) in [6.07, 6.45) is 4.65. The standard InChI is InChI=1S/C14H31N3O3S/c1-12(2)6-5-7-13(3)17-14(15)16-8-9-20-10-11-21(4,18)19/h12-13H,5-11H2,1-4H3,(H3,15,16,17). The van der Waals surface area contributed by atoms with E-state index in [-0.39, 0.29) is 12.4 Å². The summed E-state index contributed by atoms with van der Waals surface area (Å²) in [6, 6.07) is 0.304. The van der Waals surface area contributed by atoms with Crippen LogP contribution in [0.15, 0.2) is 4.99 Å². The molecule has 1 unspecified atom stereocenters. The predicted molar refractivity (Wildman–Crippen MR) is 88.3 cm³/mol. The maximum absolute atomic E-state index is 10.9. The minimum Gasteiger partial charge on any atom is -0.378 e. The molecule has 0 heterocycles. The molecule has 0 rings (SSSR count). The van der Waals surface area contributed by atoms with Gasteiger partial charge in [-0.2, -0.15) is 0 Å². The summed E-state index contributed by atoms with van der Waals surface area (Å²) in [5, 5.41) is 3.15. The zero-order chi connectivity index (χ0) is 16.3. The quantitative estimate of drug-likeness (QED) is 0.338. The van der Waals surface area contributed by atoms with E-state index in [2.05, 4.69) is 31.1 Å². The number of hydrogen-bond donors (Lipinski definition) is 2. The van der Waals surface area contributed by atoms with Crippen molar-refractivity contribution in [2.75, 3.05) is 31.8 Å². The Balaban J connectivity index is 3.68. The highest BCUT2D eigenvalue weighted by molar-refractivity contribution is 7.90. The van der Waals surface area contributed by atoms with Gasteiger partial charge in [0.1, 0.15) is 9.84 Å². The van der Waals surface area contributed by atoms with Gasteiger partial charge in [0.2, 0.25) is 0 Å². The van der Waals surface area contributed by atoms with Crippen LogP contribution in [0.2, 0.25) is 0 Å². The average molecular weight is 321 g/mol.